The van der Waals surface area contributed by atoms with Gasteiger partial charge in [-0.2, -0.15) is 4.98 Å². The Hall–Kier alpha value is -1.45. The van der Waals surface area contributed by atoms with Crippen LogP contribution in [0.3, 0.4) is 0 Å². The van der Waals surface area contributed by atoms with Gasteiger partial charge in [0, 0.05) is 12.5 Å². The van der Waals surface area contributed by atoms with Gasteiger partial charge in [0.15, 0.2) is 15.9 Å². The van der Waals surface area contributed by atoms with Gasteiger partial charge in [-0.05, 0) is 22.4 Å². The van der Waals surface area contributed by atoms with E-state index in [-0.39, 0.29) is 30.0 Å². The third kappa shape index (κ3) is 1.77. The van der Waals surface area contributed by atoms with Crippen LogP contribution in [0.2, 0.25) is 0 Å². The fourth-order valence-corrected chi connectivity index (χ4v) is 3.02. The Morgan fingerprint density at radius 3 is 2.89 bits per heavy atom. The van der Waals surface area contributed by atoms with E-state index in [1.54, 1.807) is 4.57 Å². The highest BCUT2D eigenvalue weighted by molar-refractivity contribution is 9.10. The molecule has 1 aliphatic carbocycles. The van der Waals surface area contributed by atoms with Gasteiger partial charge < -0.3 is 15.9 Å². The molecule has 0 radical (unpaired) electrons. The lowest BCUT2D eigenvalue weighted by Gasteiger charge is -2.41. The number of hydrogen-bond donors (Lipinski definition) is 4. The average Bonchev–Trinajstić information content (AvgIpc) is 2.66. The van der Waals surface area contributed by atoms with Gasteiger partial charge in [0.1, 0.15) is 0 Å². The van der Waals surface area contributed by atoms with E-state index in [1.807, 2.05) is 0 Å². The van der Waals surface area contributed by atoms with Crippen LogP contribution in [0.5, 0.6) is 0 Å². The number of aromatic nitrogens is 4. The summed E-state index contributed by atoms with van der Waals surface area (Å²) < 4.78 is 2.05. The summed E-state index contributed by atoms with van der Waals surface area (Å²) in [6.07, 6.45) is -0.100. The Labute approximate surface area is 115 Å². The summed E-state index contributed by atoms with van der Waals surface area (Å²) in [7, 11) is 0. The molecule has 0 aliphatic heterocycles. The molecule has 9 heteroatoms. The number of aliphatic hydroxyl groups is 2. The van der Waals surface area contributed by atoms with E-state index in [0.717, 1.165) is 0 Å². The average molecular weight is 330 g/mol. The number of anilines is 1. The van der Waals surface area contributed by atoms with Crippen LogP contribution in [0.25, 0.3) is 11.2 Å². The molecular formula is C10H12BrN5O3. The third-order valence-electron chi connectivity index (χ3n) is 3.51. The Kier molecular flexibility index (Phi) is 2.84. The minimum Gasteiger partial charge on any atom is -0.396 e. The van der Waals surface area contributed by atoms with Gasteiger partial charge in [-0.3, -0.25) is 14.3 Å². The molecule has 0 bridgehead atoms. The summed E-state index contributed by atoms with van der Waals surface area (Å²) in [5.74, 6) is -0.160. The SMILES string of the molecule is Nc1nc2c(nc(Br)n2[C@H]2C[C@@H](CO)[C@@H]2O)c(=O)[nH]1. The molecule has 5 N–H and O–H groups in total. The quantitative estimate of drug-likeness (QED) is 0.543. The minimum absolute atomic E-state index is 0.00123. The van der Waals surface area contributed by atoms with Crippen molar-refractivity contribution in [2.75, 3.05) is 12.3 Å². The summed E-state index contributed by atoms with van der Waals surface area (Å²) in [6.45, 7) is -0.0714. The number of halogens is 1. The molecule has 3 rings (SSSR count). The first-order valence-corrected chi connectivity index (χ1v) is 6.54. The van der Waals surface area contributed by atoms with Crippen molar-refractivity contribution in [3.8, 4) is 0 Å². The predicted octanol–water partition coefficient (Wildman–Crippen LogP) is -0.622. The van der Waals surface area contributed by atoms with Gasteiger partial charge in [-0.25, -0.2) is 4.98 Å². The lowest BCUT2D eigenvalue weighted by Crippen LogP contribution is -2.45. The number of aromatic amines is 1. The molecule has 0 saturated heterocycles. The fraction of sp³-hybridized carbons (Fsp3) is 0.500. The van der Waals surface area contributed by atoms with Gasteiger partial charge in [-0.15, -0.1) is 0 Å². The number of rotatable bonds is 2. The summed E-state index contributed by atoms with van der Waals surface area (Å²) in [5.41, 5.74) is 5.60. The first-order chi connectivity index (χ1) is 9.02. The second-order valence-corrected chi connectivity index (χ2v) is 5.32. The largest absolute Gasteiger partial charge is 0.396 e. The number of aliphatic hydroxyl groups excluding tert-OH is 2. The van der Waals surface area contributed by atoms with Gasteiger partial charge in [0.05, 0.1) is 12.1 Å². The monoisotopic (exact) mass is 329 g/mol. The van der Waals surface area contributed by atoms with Gasteiger partial charge >= 0.3 is 0 Å². The number of imidazole rings is 1. The van der Waals surface area contributed by atoms with E-state index in [4.69, 9.17) is 10.8 Å². The maximum absolute atomic E-state index is 11.7. The number of fused-ring (bicyclic) bond motifs is 1. The maximum atomic E-state index is 11.7. The van der Waals surface area contributed by atoms with Gasteiger partial charge in [0.2, 0.25) is 5.95 Å². The van der Waals surface area contributed by atoms with E-state index in [2.05, 4.69) is 30.9 Å². The Morgan fingerprint density at radius 1 is 1.53 bits per heavy atom. The Bertz CT molecular complexity index is 696. The molecule has 2 heterocycles. The van der Waals surface area contributed by atoms with Crippen molar-refractivity contribution in [2.45, 2.75) is 18.6 Å². The highest BCUT2D eigenvalue weighted by Crippen LogP contribution is 2.40. The van der Waals surface area contributed by atoms with Gasteiger partial charge in [0.25, 0.3) is 5.56 Å². The van der Waals surface area contributed by atoms with Crippen molar-refractivity contribution in [1.82, 2.24) is 19.5 Å². The predicted molar refractivity (Wildman–Crippen MR) is 70.5 cm³/mol. The zero-order chi connectivity index (χ0) is 13.7. The molecule has 19 heavy (non-hydrogen) atoms. The molecule has 8 nitrogen and oxygen atoms in total. The number of H-pyrrole nitrogens is 1. The zero-order valence-corrected chi connectivity index (χ0v) is 11.3. The van der Waals surface area contributed by atoms with Crippen LogP contribution in [-0.2, 0) is 0 Å². The molecule has 1 fully saturated rings. The van der Waals surface area contributed by atoms with Crippen LogP contribution in [-0.4, -0.2) is 42.4 Å². The van der Waals surface area contributed by atoms with E-state index >= 15 is 0 Å². The van der Waals surface area contributed by atoms with Crippen LogP contribution in [0.1, 0.15) is 12.5 Å². The molecular weight excluding hydrogens is 318 g/mol. The topological polar surface area (TPSA) is 130 Å². The second-order valence-electron chi connectivity index (χ2n) is 4.61. The molecule has 2 aromatic rings. The highest BCUT2D eigenvalue weighted by atomic mass is 79.9. The van der Waals surface area contributed by atoms with Crippen LogP contribution in [0.4, 0.5) is 5.95 Å². The lowest BCUT2D eigenvalue weighted by atomic mass is 9.77. The summed E-state index contributed by atoms with van der Waals surface area (Å²) >= 11 is 3.26. The first-order valence-electron chi connectivity index (χ1n) is 5.75. The Balaban J connectivity index is 2.14. The molecule has 0 unspecified atom stereocenters. The van der Waals surface area contributed by atoms with E-state index in [9.17, 15) is 9.90 Å². The molecule has 0 spiro atoms. The van der Waals surface area contributed by atoms with Crippen LogP contribution in [0, 0.1) is 5.92 Å². The van der Waals surface area contributed by atoms with E-state index in [1.165, 1.54) is 0 Å². The smallest absolute Gasteiger partial charge is 0.280 e. The van der Waals surface area contributed by atoms with E-state index < -0.39 is 11.7 Å². The molecule has 0 aromatic carbocycles. The first kappa shape index (κ1) is 12.6. The van der Waals surface area contributed by atoms with E-state index in [0.29, 0.717) is 16.8 Å². The summed E-state index contributed by atoms with van der Waals surface area (Å²) in [4.78, 5) is 22.2. The number of nitrogens with one attached hydrogen (secondary N) is 1. The van der Waals surface area contributed by atoms with Crippen LogP contribution in [0.15, 0.2) is 9.53 Å². The van der Waals surface area contributed by atoms with Crippen molar-refractivity contribution < 1.29 is 10.2 Å². The molecule has 2 aromatic heterocycles. The van der Waals surface area contributed by atoms with Crippen molar-refractivity contribution in [1.29, 1.82) is 0 Å². The molecule has 1 saturated carbocycles. The van der Waals surface area contributed by atoms with Crippen LogP contribution < -0.4 is 11.3 Å². The second kappa shape index (κ2) is 4.29. The zero-order valence-electron chi connectivity index (χ0n) is 9.75. The number of nitrogens with two attached hydrogens (primary N) is 1. The summed E-state index contributed by atoms with van der Waals surface area (Å²) in [6, 6.07) is -0.273. The summed E-state index contributed by atoms with van der Waals surface area (Å²) in [5, 5.41) is 19.0. The molecule has 1 aliphatic rings. The number of nitrogen functional groups attached to an aromatic ring is 1. The number of hydrogen-bond acceptors (Lipinski definition) is 6. The van der Waals surface area contributed by atoms with Gasteiger partial charge in [-0.1, -0.05) is 0 Å². The normalized spacial score (nSPS) is 26.6. The van der Waals surface area contributed by atoms with Crippen molar-refractivity contribution in [2.24, 2.45) is 5.92 Å². The number of nitrogens with zero attached hydrogens (tertiary/aromatic N) is 3. The Morgan fingerprint density at radius 2 is 2.26 bits per heavy atom. The maximum Gasteiger partial charge on any atom is 0.280 e. The highest BCUT2D eigenvalue weighted by Gasteiger charge is 2.42. The minimum atomic E-state index is -0.694. The van der Waals surface area contributed by atoms with Crippen molar-refractivity contribution in [3.63, 3.8) is 0 Å². The van der Waals surface area contributed by atoms with Crippen molar-refractivity contribution >= 4 is 33.0 Å². The fourth-order valence-electron chi connectivity index (χ4n) is 2.42. The van der Waals surface area contributed by atoms with Crippen molar-refractivity contribution in [3.05, 3.63) is 15.1 Å². The van der Waals surface area contributed by atoms with Crippen LogP contribution >= 0.6 is 15.9 Å². The lowest BCUT2D eigenvalue weighted by molar-refractivity contribution is -0.0558. The molecule has 102 valence electrons. The molecule has 0 amide bonds. The third-order valence-corrected chi connectivity index (χ3v) is 4.07. The standard InChI is InChI=1S/C10H12BrN5O3/c11-9-13-5-7(14-10(12)15-8(5)19)16(9)4-1-3(2-17)6(4)18/h3-4,6,17-18H,1-2H2,(H3,12,14,15,19)/t3-,4-,6-/m0/s1. The molecule has 3 atom stereocenters.